The van der Waals surface area contributed by atoms with Gasteiger partial charge in [0.2, 0.25) is 5.91 Å². The van der Waals surface area contributed by atoms with Crippen LogP contribution in [0, 0.1) is 5.92 Å². The van der Waals surface area contributed by atoms with Crippen LogP contribution in [0.15, 0.2) is 18.2 Å². The molecule has 1 fully saturated rings. The predicted molar refractivity (Wildman–Crippen MR) is 75.6 cm³/mol. The van der Waals surface area contributed by atoms with E-state index in [1.807, 2.05) is 12.1 Å². The average molecular weight is 273 g/mol. The third kappa shape index (κ3) is 2.19. The first-order chi connectivity index (χ1) is 9.70. The van der Waals surface area contributed by atoms with Gasteiger partial charge in [-0.15, -0.1) is 0 Å². The summed E-state index contributed by atoms with van der Waals surface area (Å²) in [6, 6.07) is 6.16. The number of amides is 1. The molecule has 2 aliphatic rings. The number of hydrogen-bond acceptors (Lipinski definition) is 3. The second-order valence-corrected chi connectivity index (χ2v) is 5.55. The van der Waals surface area contributed by atoms with Gasteiger partial charge < -0.3 is 9.64 Å². The number of nitrogens with zero attached hydrogens (tertiary/aromatic N) is 1. The van der Waals surface area contributed by atoms with Crippen molar-refractivity contribution in [2.75, 3.05) is 18.6 Å². The quantitative estimate of drug-likeness (QED) is 0.775. The first-order valence-electron chi connectivity index (χ1n) is 7.19. The number of carbonyl (C=O) groups is 2. The number of rotatable bonds is 2. The number of fused-ring (bicyclic) bond motifs is 1. The molecule has 1 aromatic rings. The van der Waals surface area contributed by atoms with E-state index in [0.717, 1.165) is 18.5 Å². The van der Waals surface area contributed by atoms with E-state index >= 15 is 0 Å². The van der Waals surface area contributed by atoms with Crippen molar-refractivity contribution in [1.82, 2.24) is 0 Å². The van der Waals surface area contributed by atoms with Crippen molar-refractivity contribution in [3.63, 3.8) is 0 Å². The Kier molecular flexibility index (Phi) is 3.47. The lowest BCUT2D eigenvalue weighted by Gasteiger charge is -2.25. The molecule has 1 amide bonds. The Hall–Kier alpha value is -1.84. The van der Waals surface area contributed by atoms with Crippen LogP contribution in [0.3, 0.4) is 0 Å². The summed E-state index contributed by atoms with van der Waals surface area (Å²) in [5, 5.41) is 0. The number of methoxy groups -OCH3 is 1. The summed E-state index contributed by atoms with van der Waals surface area (Å²) < 4.78 is 4.76. The number of benzene rings is 1. The number of anilines is 1. The molecule has 0 bridgehead atoms. The SMILES string of the molecule is COC(=O)C1CC(=O)N(c2cccc3c2CCCC3)C1. The summed E-state index contributed by atoms with van der Waals surface area (Å²) in [6.45, 7) is 0.446. The van der Waals surface area contributed by atoms with Gasteiger partial charge >= 0.3 is 5.97 Å². The fraction of sp³-hybridized carbons (Fsp3) is 0.500. The molecule has 0 radical (unpaired) electrons. The van der Waals surface area contributed by atoms with Crippen LogP contribution in [-0.2, 0) is 27.2 Å². The number of esters is 1. The van der Waals surface area contributed by atoms with Crippen LogP contribution in [0.2, 0.25) is 0 Å². The van der Waals surface area contributed by atoms with E-state index < -0.39 is 0 Å². The fourth-order valence-electron chi connectivity index (χ4n) is 3.28. The van der Waals surface area contributed by atoms with Crippen LogP contribution in [0.25, 0.3) is 0 Å². The molecule has 0 saturated carbocycles. The number of ether oxygens (including phenoxy) is 1. The van der Waals surface area contributed by atoms with Crippen LogP contribution in [0.1, 0.15) is 30.4 Å². The Morgan fingerprint density at radius 3 is 2.90 bits per heavy atom. The fourth-order valence-corrected chi connectivity index (χ4v) is 3.28. The zero-order chi connectivity index (χ0) is 14.1. The Labute approximate surface area is 118 Å². The lowest BCUT2D eigenvalue weighted by Crippen LogP contribution is -2.28. The van der Waals surface area contributed by atoms with E-state index in [1.165, 1.54) is 31.1 Å². The van der Waals surface area contributed by atoms with Gasteiger partial charge in [-0.3, -0.25) is 9.59 Å². The van der Waals surface area contributed by atoms with Crippen LogP contribution < -0.4 is 4.90 Å². The second kappa shape index (κ2) is 5.27. The molecule has 106 valence electrons. The zero-order valence-electron chi connectivity index (χ0n) is 11.7. The second-order valence-electron chi connectivity index (χ2n) is 5.55. The molecule has 0 aromatic heterocycles. The molecule has 1 unspecified atom stereocenters. The minimum Gasteiger partial charge on any atom is -0.469 e. The molecular weight excluding hydrogens is 254 g/mol. The van der Waals surface area contributed by atoms with Gasteiger partial charge in [0.05, 0.1) is 13.0 Å². The summed E-state index contributed by atoms with van der Waals surface area (Å²) in [6.07, 6.45) is 4.77. The topological polar surface area (TPSA) is 46.6 Å². The first-order valence-corrected chi connectivity index (χ1v) is 7.19. The van der Waals surface area contributed by atoms with Crippen molar-refractivity contribution in [3.8, 4) is 0 Å². The summed E-state index contributed by atoms with van der Waals surface area (Å²) >= 11 is 0. The predicted octanol–water partition coefficient (Wildman–Crippen LogP) is 2.09. The Balaban J connectivity index is 1.90. The number of hydrogen-bond donors (Lipinski definition) is 0. The van der Waals surface area contributed by atoms with Crippen molar-refractivity contribution in [2.24, 2.45) is 5.92 Å². The van der Waals surface area contributed by atoms with E-state index in [2.05, 4.69) is 6.07 Å². The smallest absolute Gasteiger partial charge is 0.311 e. The molecule has 0 N–H and O–H groups in total. The lowest BCUT2D eigenvalue weighted by atomic mass is 9.90. The standard InChI is InChI=1S/C16H19NO3/c1-20-16(19)12-9-15(18)17(10-12)14-8-4-6-11-5-2-3-7-13(11)14/h4,6,8,12H,2-3,5,7,9-10H2,1H3. The summed E-state index contributed by atoms with van der Waals surface area (Å²) in [5.74, 6) is -0.586. The maximum absolute atomic E-state index is 12.2. The van der Waals surface area contributed by atoms with Gasteiger partial charge in [0, 0.05) is 18.7 Å². The Morgan fingerprint density at radius 2 is 2.10 bits per heavy atom. The van der Waals surface area contributed by atoms with Crippen molar-refractivity contribution in [2.45, 2.75) is 32.1 Å². The van der Waals surface area contributed by atoms with E-state index in [-0.39, 0.29) is 24.2 Å². The molecule has 20 heavy (non-hydrogen) atoms. The normalized spacial score (nSPS) is 21.8. The van der Waals surface area contributed by atoms with Crippen molar-refractivity contribution >= 4 is 17.6 Å². The summed E-state index contributed by atoms with van der Waals surface area (Å²) in [4.78, 5) is 25.6. The maximum atomic E-state index is 12.2. The maximum Gasteiger partial charge on any atom is 0.311 e. The van der Waals surface area contributed by atoms with Crippen molar-refractivity contribution in [1.29, 1.82) is 0 Å². The number of aryl methyl sites for hydroxylation is 1. The van der Waals surface area contributed by atoms with E-state index in [1.54, 1.807) is 4.90 Å². The molecule has 1 aliphatic carbocycles. The molecular formula is C16H19NO3. The van der Waals surface area contributed by atoms with Gasteiger partial charge in [0.15, 0.2) is 0 Å². The summed E-state index contributed by atoms with van der Waals surface area (Å²) in [7, 11) is 1.37. The van der Waals surface area contributed by atoms with Crippen LogP contribution >= 0.6 is 0 Å². The van der Waals surface area contributed by atoms with E-state index in [0.29, 0.717) is 6.54 Å². The van der Waals surface area contributed by atoms with Gasteiger partial charge in [0.25, 0.3) is 0 Å². The third-order valence-electron chi connectivity index (χ3n) is 4.32. The Morgan fingerprint density at radius 1 is 1.30 bits per heavy atom. The average Bonchev–Trinajstić information content (AvgIpc) is 2.87. The van der Waals surface area contributed by atoms with Gasteiger partial charge in [-0.2, -0.15) is 0 Å². The van der Waals surface area contributed by atoms with E-state index in [4.69, 9.17) is 4.74 Å². The zero-order valence-corrected chi connectivity index (χ0v) is 11.7. The molecule has 3 rings (SSSR count). The minimum absolute atomic E-state index is 0.0272. The lowest BCUT2D eigenvalue weighted by molar-refractivity contribution is -0.145. The highest BCUT2D eigenvalue weighted by atomic mass is 16.5. The van der Waals surface area contributed by atoms with Crippen molar-refractivity contribution < 1.29 is 14.3 Å². The molecule has 1 aromatic carbocycles. The van der Waals surface area contributed by atoms with Gasteiger partial charge in [-0.05, 0) is 42.9 Å². The van der Waals surface area contributed by atoms with E-state index in [9.17, 15) is 9.59 Å². The highest BCUT2D eigenvalue weighted by Gasteiger charge is 2.36. The van der Waals surface area contributed by atoms with Crippen LogP contribution in [0.5, 0.6) is 0 Å². The van der Waals surface area contributed by atoms with Crippen molar-refractivity contribution in [3.05, 3.63) is 29.3 Å². The monoisotopic (exact) mass is 273 g/mol. The van der Waals surface area contributed by atoms with Gasteiger partial charge in [-0.1, -0.05) is 12.1 Å². The van der Waals surface area contributed by atoms with Crippen LogP contribution in [0.4, 0.5) is 5.69 Å². The molecule has 1 heterocycles. The summed E-state index contributed by atoms with van der Waals surface area (Å²) in [5.41, 5.74) is 3.64. The van der Waals surface area contributed by atoms with Gasteiger partial charge in [0.1, 0.15) is 0 Å². The largest absolute Gasteiger partial charge is 0.469 e. The number of carbonyl (C=O) groups excluding carboxylic acids is 2. The Bertz CT molecular complexity index is 553. The molecule has 0 spiro atoms. The molecule has 1 aliphatic heterocycles. The molecule has 1 saturated heterocycles. The third-order valence-corrected chi connectivity index (χ3v) is 4.32. The highest BCUT2D eigenvalue weighted by molar-refractivity contribution is 6.00. The first kappa shape index (κ1) is 13.2. The van der Waals surface area contributed by atoms with Crippen LogP contribution in [-0.4, -0.2) is 25.5 Å². The molecule has 4 heteroatoms. The minimum atomic E-state index is -0.327. The highest BCUT2D eigenvalue weighted by Crippen LogP contribution is 2.34. The molecule has 4 nitrogen and oxygen atoms in total. The molecule has 1 atom stereocenters. The van der Waals surface area contributed by atoms with Gasteiger partial charge in [-0.25, -0.2) is 0 Å².